The van der Waals surface area contributed by atoms with E-state index < -0.39 is 0 Å². The summed E-state index contributed by atoms with van der Waals surface area (Å²) >= 11 is 0. The summed E-state index contributed by atoms with van der Waals surface area (Å²) in [6.07, 6.45) is 0. The summed E-state index contributed by atoms with van der Waals surface area (Å²) in [6.45, 7) is 0. The Kier molecular flexibility index (Phi) is 5.63. The van der Waals surface area contributed by atoms with E-state index in [9.17, 15) is 0 Å². The van der Waals surface area contributed by atoms with Gasteiger partial charge in [-0.2, -0.15) is 0 Å². The number of para-hydroxylation sites is 4. The van der Waals surface area contributed by atoms with Crippen molar-refractivity contribution >= 4 is 76.2 Å². The Morgan fingerprint density at radius 1 is 0.360 bits per heavy atom. The highest BCUT2D eigenvalue weighted by atomic mass is 15.1. The van der Waals surface area contributed by atoms with Gasteiger partial charge in [0, 0.05) is 38.2 Å². The van der Waals surface area contributed by atoms with Crippen LogP contribution in [0.3, 0.4) is 0 Å². The van der Waals surface area contributed by atoms with Crippen molar-refractivity contribution in [1.82, 2.24) is 19.1 Å². The standard InChI is InChI=1S/C46H28N4/c1-2-15-33(16-3-1)49-41-21-11-8-18-35(41)37-27-38-36-25-24-30-13-6-7-17-34(30)45(36)50(43(38)28-42(37)49)46-44(47-39-19-9-10-20-40(39)48-46)32-23-22-29-12-4-5-14-31(29)26-32/h1-28H. The van der Waals surface area contributed by atoms with Gasteiger partial charge in [-0.15, -0.1) is 0 Å². The van der Waals surface area contributed by atoms with Crippen LogP contribution in [0.25, 0.3) is 99.0 Å². The number of benzene rings is 8. The first-order chi connectivity index (χ1) is 24.8. The van der Waals surface area contributed by atoms with Gasteiger partial charge < -0.3 is 4.57 Å². The zero-order valence-corrected chi connectivity index (χ0v) is 27.0. The molecule has 50 heavy (non-hydrogen) atoms. The third-order valence-corrected chi connectivity index (χ3v) is 10.2. The minimum absolute atomic E-state index is 0.817. The van der Waals surface area contributed by atoms with E-state index in [4.69, 9.17) is 9.97 Å². The molecule has 0 aliphatic carbocycles. The summed E-state index contributed by atoms with van der Waals surface area (Å²) in [6, 6.07) is 60.7. The Bertz CT molecular complexity index is 3150. The van der Waals surface area contributed by atoms with Crippen LogP contribution < -0.4 is 0 Å². The fraction of sp³-hybridized carbons (Fsp3) is 0. The van der Waals surface area contributed by atoms with Crippen molar-refractivity contribution in [1.29, 1.82) is 0 Å². The lowest BCUT2D eigenvalue weighted by Gasteiger charge is -2.15. The van der Waals surface area contributed by atoms with Crippen LogP contribution in [0.1, 0.15) is 0 Å². The highest BCUT2D eigenvalue weighted by molar-refractivity contribution is 6.23. The first-order valence-corrected chi connectivity index (χ1v) is 17.0. The third kappa shape index (κ3) is 3.87. The molecular formula is C46H28N4. The third-order valence-electron chi connectivity index (χ3n) is 10.2. The minimum atomic E-state index is 0.817. The quantitative estimate of drug-likeness (QED) is 0.193. The van der Waals surface area contributed by atoms with Gasteiger partial charge in [-0.05, 0) is 64.7 Å². The molecule has 0 spiro atoms. The second-order valence-corrected chi connectivity index (χ2v) is 13.0. The normalized spacial score (nSPS) is 12.0. The highest BCUT2D eigenvalue weighted by Crippen LogP contribution is 2.43. The average Bonchev–Trinajstić information content (AvgIpc) is 3.69. The first kappa shape index (κ1) is 27.2. The van der Waals surface area contributed by atoms with Crippen molar-refractivity contribution in [3.8, 4) is 22.8 Å². The number of rotatable bonds is 3. The Balaban J connectivity index is 1.35. The molecule has 0 aliphatic heterocycles. The second-order valence-electron chi connectivity index (χ2n) is 13.0. The smallest absolute Gasteiger partial charge is 0.165 e. The van der Waals surface area contributed by atoms with E-state index in [2.05, 4.69) is 167 Å². The van der Waals surface area contributed by atoms with Gasteiger partial charge in [0.05, 0.1) is 33.1 Å². The van der Waals surface area contributed by atoms with E-state index in [1.807, 2.05) is 12.1 Å². The molecule has 0 aliphatic rings. The molecule has 0 atom stereocenters. The Morgan fingerprint density at radius 2 is 1.00 bits per heavy atom. The van der Waals surface area contributed by atoms with Crippen molar-refractivity contribution in [3.63, 3.8) is 0 Å². The largest absolute Gasteiger partial charge is 0.309 e. The lowest BCUT2D eigenvalue weighted by molar-refractivity contribution is 1.08. The zero-order valence-electron chi connectivity index (χ0n) is 27.0. The number of hydrogen-bond acceptors (Lipinski definition) is 2. The molecule has 0 bridgehead atoms. The van der Waals surface area contributed by atoms with Crippen LogP contribution in [-0.4, -0.2) is 19.1 Å². The predicted molar refractivity (Wildman–Crippen MR) is 209 cm³/mol. The fourth-order valence-corrected chi connectivity index (χ4v) is 7.99. The summed E-state index contributed by atoms with van der Waals surface area (Å²) in [5, 5.41) is 9.58. The lowest BCUT2D eigenvalue weighted by atomic mass is 10.0. The van der Waals surface area contributed by atoms with E-state index in [-0.39, 0.29) is 0 Å². The highest BCUT2D eigenvalue weighted by Gasteiger charge is 2.23. The molecule has 0 unspecified atom stereocenters. The van der Waals surface area contributed by atoms with E-state index in [1.165, 1.54) is 48.6 Å². The number of hydrogen-bond donors (Lipinski definition) is 0. The van der Waals surface area contributed by atoms with Crippen LogP contribution in [-0.2, 0) is 0 Å². The molecule has 4 nitrogen and oxygen atoms in total. The maximum absolute atomic E-state index is 5.48. The summed E-state index contributed by atoms with van der Waals surface area (Å²) < 4.78 is 4.77. The lowest BCUT2D eigenvalue weighted by Crippen LogP contribution is -2.04. The van der Waals surface area contributed by atoms with Crippen molar-refractivity contribution in [2.45, 2.75) is 0 Å². The second kappa shape index (κ2) is 10.4. The van der Waals surface area contributed by atoms with Crippen molar-refractivity contribution in [2.24, 2.45) is 0 Å². The van der Waals surface area contributed by atoms with Gasteiger partial charge in [0.2, 0.25) is 0 Å². The molecule has 232 valence electrons. The van der Waals surface area contributed by atoms with E-state index in [1.54, 1.807) is 0 Å². The molecule has 0 fully saturated rings. The number of nitrogens with zero attached hydrogens (tertiary/aromatic N) is 4. The number of aromatic nitrogens is 4. The number of fused-ring (bicyclic) bond motifs is 10. The maximum Gasteiger partial charge on any atom is 0.165 e. The average molecular weight is 637 g/mol. The summed E-state index contributed by atoms with van der Waals surface area (Å²) in [5.74, 6) is 0.817. The molecule has 3 heterocycles. The van der Waals surface area contributed by atoms with Crippen molar-refractivity contribution < 1.29 is 0 Å². The van der Waals surface area contributed by atoms with Gasteiger partial charge in [-0.25, -0.2) is 9.97 Å². The predicted octanol–water partition coefficient (Wildman–Crippen LogP) is 11.8. The Hall–Kier alpha value is -6.78. The zero-order chi connectivity index (χ0) is 32.8. The topological polar surface area (TPSA) is 35.6 Å². The fourth-order valence-electron chi connectivity index (χ4n) is 7.99. The van der Waals surface area contributed by atoms with Gasteiger partial charge in [0.25, 0.3) is 0 Å². The summed E-state index contributed by atoms with van der Waals surface area (Å²) in [5.41, 5.74) is 9.32. The van der Waals surface area contributed by atoms with Gasteiger partial charge in [0.1, 0.15) is 5.69 Å². The molecule has 8 aromatic carbocycles. The van der Waals surface area contributed by atoms with Crippen LogP contribution >= 0.6 is 0 Å². The van der Waals surface area contributed by atoms with Crippen LogP contribution in [0, 0.1) is 0 Å². The van der Waals surface area contributed by atoms with Gasteiger partial charge in [-0.1, -0.05) is 121 Å². The van der Waals surface area contributed by atoms with E-state index in [0.29, 0.717) is 0 Å². The van der Waals surface area contributed by atoms with E-state index in [0.717, 1.165) is 50.3 Å². The molecular weight excluding hydrogens is 609 g/mol. The molecule has 4 heteroatoms. The molecule has 0 saturated carbocycles. The molecule has 3 aromatic heterocycles. The van der Waals surface area contributed by atoms with Crippen LogP contribution in [0.15, 0.2) is 170 Å². The molecule has 11 aromatic rings. The van der Waals surface area contributed by atoms with Crippen LogP contribution in [0.4, 0.5) is 0 Å². The van der Waals surface area contributed by atoms with Crippen LogP contribution in [0.2, 0.25) is 0 Å². The van der Waals surface area contributed by atoms with Crippen molar-refractivity contribution in [2.75, 3.05) is 0 Å². The van der Waals surface area contributed by atoms with E-state index >= 15 is 0 Å². The Labute approximate surface area is 287 Å². The molecule has 0 radical (unpaired) electrons. The summed E-state index contributed by atoms with van der Waals surface area (Å²) in [7, 11) is 0. The first-order valence-electron chi connectivity index (χ1n) is 17.0. The molecule has 0 saturated heterocycles. The maximum atomic E-state index is 5.48. The van der Waals surface area contributed by atoms with Crippen LogP contribution in [0.5, 0.6) is 0 Å². The van der Waals surface area contributed by atoms with Gasteiger partial charge in [-0.3, -0.25) is 4.57 Å². The van der Waals surface area contributed by atoms with Crippen molar-refractivity contribution in [3.05, 3.63) is 170 Å². The molecule has 11 rings (SSSR count). The monoisotopic (exact) mass is 636 g/mol. The van der Waals surface area contributed by atoms with Gasteiger partial charge >= 0.3 is 0 Å². The summed E-state index contributed by atoms with van der Waals surface area (Å²) in [4.78, 5) is 10.9. The van der Waals surface area contributed by atoms with Gasteiger partial charge in [0.15, 0.2) is 5.82 Å². The molecule has 0 N–H and O–H groups in total. The Morgan fingerprint density at radius 3 is 1.86 bits per heavy atom. The molecule has 0 amide bonds. The SMILES string of the molecule is c1ccc(-n2c3ccccc3c3cc4c5ccc6ccccc6c5n(-c5nc6ccccc6nc5-c5ccc6ccccc6c5)c4cc32)cc1. The minimum Gasteiger partial charge on any atom is -0.309 e.